The Bertz CT molecular complexity index is 922. The molecule has 0 heterocycles. The summed E-state index contributed by atoms with van der Waals surface area (Å²) in [5, 5.41) is 0. The van der Waals surface area contributed by atoms with Gasteiger partial charge in [-0.05, 0) is 117 Å². The van der Waals surface area contributed by atoms with Crippen molar-refractivity contribution in [1.29, 1.82) is 0 Å². The maximum atomic E-state index is 14.9. The zero-order valence-electron chi connectivity index (χ0n) is 18.6. The van der Waals surface area contributed by atoms with E-state index in [9.17, 15) is 13.2 Å². The molecule has 0 nitrogen and oxygen atoms in total. The highest BCUT2D eigenvalue weighted by atomic mass is 19.1. The van der Waals surface area contributed by atoms with Gasteiger partial charge < -0.3 is 0 Å². The van der Waals surface area contributed by atoms with E-state index in [0.717, 1.165) is 36.7 Å². The summed E-state index contributed by atoms with van der Waals surface area (Å²) in [7, 11) is 0. The third-order valence-corrected chi connectivity index (χ3v) is 7.70. The topological polar surface area (TPSA) is 0 Å². The molecule has 4 atom stereocenters. The number of halogens is 3. The molecule has 0 amide bonds. The first-order chi connectivity index (χ1) is 15.0. The van der Waals surface area contributed by atoms with Gasteiger partial charge in [0.15, 0.2) is 0 Å². The van der Waals surface area contributed by atoms with Crippen LogP contribution in [0.2, 0.25) is 0 Å². The Labute approximate surface area is 184 Å². The molecule has 2 aromatic rings. The first kappa shape index (κ1) is 22.2. The van der Waals surface area contributed by atoms with Crippen molar-refractivity contribution in [3.05, 3.63) is 71.1 Å². The van der Waals surface area contributed by atoms with Gasteiger partial charge in [-0.2, -0.15) is 0 Å². The van der Waals surface area contributed by atoms with Crippen molar-refractivity contribution in [2.75, 3.05) is 0 Å². The third-order valence-electron chi connectivity index (χ3n) is 7.70. The number of benzene rings is 2. The van der Waals surface area contributed by atoms with Crippen molar-refractivity contribution in [3.63, 3.8) is 0 Å². The third kappa shape index (κ3) is 4.91. The summed E-state index contributed by atoms with van der Waals surface area (Å²) in [4.78, 5) is 0. The van der Waals surface area contributed by atoms with Gasteiger partial charge >= 0.3 is 0 Å². The molecule has 4 unspecified atom stereocenters. The second-order valence-corrected chi connectivity index (χ2v) is 9.68. The molecule has 3 heteroatoms. The summed E-state index contributed by atoms with van der Waals surface area (Å²) in [5.74, 6) is 0.867. The first-order valence-corrected chi connectivity index (χ1v) is 11.8. The van der Waals surface area contributed by atoms with Crippen LogP contribution in [-0.4, -0.2) is 0 Å². The highest BCUT2D eigenvalue weighted by Gasteiger charge is 2.36. The van der Waals surface area contributed by atoms with E-state index < -0.39 is 17.5 Å². The molecule has 2 aliphatic rings. The maximum absolute atomic E-state index is 14.9. The van der Waals surface area contributed by atoms with Crippen LogP contribution in [0.4, 0.5) is 13.2 Å². The molecule has 2 aliphatic carbocycles. The number of hydrogen-bond donors (Lipinski definition) is 0. The van der Waals surface area contributed by atoms with E-state index in [-0.39, 0.29) is 17.0 Å². The Hall–Kier alpha value is -2.03. The Morgan fingerprint density at radius 3 is 2.29 bits per heavy atom. The van der Waals surface area contributed by atoms with E-state index in [4.69, 9.17) is 0 Å². The molecule has 0 saturated heterocycles. The van der Waals surface area contributed by atoms with Crippen molar-refractivity contribution in [3.8, 4) is 11.1 Å². The standard InChI is InChI=1S/C28H33F3/c1-3-4-5-6-19-8-10-21-14-22(12-11-20(21)13-19)24-16-26(30)28(27(31)17-24)23-9-7-18(2)25(29)15-23/h3-4,7,9,15-17,19-22H,5-6,8,10-14H2,1-2H3/b4-3+. The maximum Gasteiger partial charge on any atom is 0.134 e. The molecule has 2 saturated carbocycles. The lowest BCUT2D eigenvalue weighted by molar-refractivity contribution is 0.115. The van der Waals surface area contributed by atoms with Crippen LogP contribution in [0.1, 0.15) is 75.3 Å². The van der Waals surface area contributed by atoms with Gasteiger partial charge in [0.1, 0.15) is 17.5 Å². The molecule has 0 aliphatic heterocycles. The molecule has 31 heavy (non-hydrogen) atoms. The predicted molar refractivity (Wildman–Crippen MR) is 121 cm³/mol. The van der Waals surface area contributed by atoms with Crippen LogP contribution in [0.15, 0.2) is 42.5 Å². The van der Waals surface area contributed by atoms with E-state index in [1.54, 1.807) is 19.1 Å². The first-order valence-electron chi connectivity index (χ1n) is 11.8. The molecule has 2 fully saturated rings. The van der Waals surface area contributed by atoms with Gasteiger partial charge in [0.25, 0.3) is 0 Å². The predicted octanol–water partition coefficient (Wildman–Crippen LogP) is 8.74. The van der Waals surface area contributed by atoms with Crippen LogP contribution < -0.4 is 0 Å². The fourth-order valence-corrected chi connectivity index (χ4v) is 5.90. The Morgan fingerprint density at radius 1 is 0.871 bits per heavy atom. The quantitative estimate of drug-likeness (QED) is 0.419. The molecule has 0 N–H and O–H groups in total. The number of allylic oxidation sites excluding steroid dienone is 2. The number of hydrogen-bond acceptors (Lipinski definition) is 0. The van der Waals surface area contributed by atoms with Crippen LogP contribution in [-0.2, 0) is 0 Å². The molecular formula is C28H33F3. The molecule has 166 valence electrons. The van der Waals surface area contributed by atoms with Gasteiger partial charge in [0.05, 0.1) is 5.56 Å². The second kappa shape index (κ2) is 9.63. The summed E-state index contributed by atoms with van der Waals surface area (Å²) in [6, 6.07) is 7.34. The van der Waals surface area contributed by atoms with Gasteiger partial charge in [-0.25, -0.2) is 13.2 Å². The van der Waals surface area contributed by atoms with Crippen molar-refractivity contribution in [1.82, 2.24) is 0 Å². The zero-order chi connectivity index (χ0) is 22.0. The smallest absolute Gasteiger partial charge is 0.134 e. The summed E-state index contributed by atoms with van der Waals surface area (Å²) < 4.78 is 43.8. The van der Waals surface area contributed by atoms with Crippen molar-refractivity contribution in [2.24, 2.45) is 17.8 Å². The molecule has 0 bridgehead atoms. The molecule has 2 aromatic carbocycles. The van der Waals surface area contributed by atoms with Gasteiger partial charge in [0, 0.05) is 0 Å². The van der Waals surface area contributed by atoms with Gasteiger partial charge in [-0.3, -0.25) is 0 Å². The molecule has 0 aromatic heterocycles. The number of rotatable bonds is 5. The summed E-state index contributed by atoms with van der Waals surface area (Å²) in [6.07, 6.45) is 13.9. The number of fused-ring (bicyclic) bond motifs is 1. The highest BCUT2D eigenvalue weighted by Crippen LogP contribution is 2.48. The lowest BCUT2D eigenvalue weighted by atomic mass is 9.63. The molecule has 0 radical (unpaired) electrons. The average molecular weight is 427 g/mol. The largest absolute Gasteiger partial charge is 0.207 e. The van der Waals surface area contributed by atoms with Crippen LogP contribution in [0, 0.1) is 42.1 Å². The fraction of sp³-hybridized carbons (Fsp3) is 0.500. The number of aryl methyl sites for hydroxylation is 1. The van der Waals surface area contributed by atoms with Crippen LogP contribution in [0.3, 0.4) is 0 Å². The minimum Gasteiger partial charge on any atom is -0.207 e. The lowest BCUT2D eigenvalue weighted by Crippen LogP contribution is -2.30. The van der Waals surface area contributed by atoms with E-state index in [1.165, 1.54) is 50.3 Å². The summed E-state index contributed by atoms with van der Waals surface area (Å²) in [6.45, 7) is 3.72. The van der Waals surface area contributed by atoms with E-state index in [2.05, 4.69) is 19.1 Å². The van der Waals surface area contributed by atoms with E-state index in [0.29, 0.717) is 11.5 Å². The SMILES string of the molecule is C/C=C/CCC1CCC2CC(c3cc(F)c(-c4ccc(C)c(F)c4)c(F)c3)CCC2C1. The van der Waals surface area contributed by atoms with Crippen LogP contribution in [0.25, 0.3) is 11.1 Å². The van der Waals surface area contributed by atoms with Crippen molar-refractivity contribution < 1.29 is 13.2 Å². The minimum absolute atomic E-state index is 0.127. The van der Waals surface area contributed by atoms with Gasteiger partial charge in [0.2, 0.25) is 0 Å². The van der Waals surface area contributed by atoms with Gasteiger partial charge in [-0.15, -0.1) is 0 Å². The van der Waals surface area contributed by atoms with Crippen LogP contribution in [0.5, 0.6) is 0 Å². The van der Waals surface area contributed by atoms with Crippen molar-refractivity contribution in [2.45, 2.75) is 71.1 Å². The second-order valence-electron chi connectivity index (χ2n) is 9.68. The summed E-state index contributed by atoms with van der Waals surface area (Å²) >= 11 is 0. The minimum atomic E-state index is -0.590. The normalized spacial score (nSPS) is 26.2. The van der Waals surface area contributed by atoms with Crippen molar-refractivity contribution >= 4 is 0 Å². The van der Waals surface area contributed by atoms with E-state index >= 15 is 0 Å². The fourth-order valence-electron chi connectivity index (χ4n) is 5.90. The Balaban J connectivity index is 1.46. The van der Waals surface area contributed by atoms with E-state index in [1.807, 2.05) is 0 Å². The Morgan fingerprint density at radius 2 is 1.58 bits per heavy atom. The van der Waals surface area contributed by atoms with Gasteiger partial charge in [-0.1, -0.05) is 30.7 Å². The van der Waals surface area contributed by atoms with Crippen LogP contribution >= 0.6 is 0 Å². The zero-order valence-corrected chi connectivity index (χ0v) is 18.6. The molecule has 0 spiro atoms. The Kier molecular flexibility index (Phi) is 6.89. The molecular weight excluding hydrogens is 393 g/mol. The average Bonchev–Trinajstić information content (AvgIpc) is 2.75. The molecule has 4 rings (SSSR count). The summed E-state index contributed by atoms with van der Waals surface area (Å²) in [5.41, 5.74) is 1.36. The monoisotopic (exact) mass is 426 g/mol. The highest BCUT2D eigenvalue weighted by molar-refractivity contribution is 5.66. The lowest BCUT2D eigenvalue weighted by Gasteiger charge is -2.42.